The first kappa shape index (κ1) is 20.2. The average molecular weight is 404 g/mol. The van der Waals surface area contributed by atoms with E-state index in [1.165, 1.54) is 24.3 Å². The third kappa shape index (κ3) is 5.74. The number of para-hydroxylation sites is 1. The Bertz CT molecular complexity index is 953. The first-order valence-electron chi connectivity index (χ1n) is 8.63. The predicted octanol–water partition coefficient (Wildman–Crippen LogP) is 4.13. The van der Waals surface area contributed by atoms with Crippen molar-refractivity contribution in [2.45, 2.75) is 13.0 Å². The first-order chi connectivity index (χ1) is 13.8. The molecule has 29 heavy (non-hydrogen) atoms. The summed E-state index contributed by atoms with van der Waals surface area (Å²) < 4.78 is 48.4. The zero-order chi connectivity index (χ0) is 20.9. The molecule has 0 saturated carbocycles. The number of halogens is 3. The second kappa shape index (κ2) is 8.68. The molecule has 0 bridgehead atoms. The van der Waals surface area contributed by atoms with Crippen molar-refractivity contribution in [2.24, 2.45) is 5.10 Å². The highest BCUT2D eigenvalue weighted by molar-refractivity contribution is 6.02. The van der Waals surface area contributed by atoms with Gasteiger partial charge in [0.2, 0.25) is 0 Å². The number of alkyl halides is 3. The molecule has 0 atom stereocenters. The van der Waals surface area contributed by atoms with E-state index in [1.54, 1.807) is 34.4 Å². The summed E-state index contributed by atoms with van der Waals surface area (Å²) in [5.41, 5.74) is 1.44. The van der Waals surface area contributed by atoms with E-state index in [4.69, 9.17) is 4.74 Å². The minimum Gasteiger partial charge on any atom is -0.488 e. The third-order valence-corrected chi connectivity index (χ3v) is 3.72. The molecule has 1 heterocycles. The zero-order valence-electron chi connectivity index (χ0n) is 15.8. The van der Waals surface area contributed by atoms with E-state index in [0.29, 0.717) is 17.1 Å². The van der Waals surface area contributed by atoms with Crippen LogP contribution in [0.15, 0.2) is 72.4 Å². The van der Waals surface area contributed by atoms with Crippen molar-refractivity contribution >= 4 is 5.84 Å². The van der Waals surface area contributed by atoms with E-state index >= 15 is 0 Å². The van der Waals surface area contributed by atoms with E-state index in [1.807, 2.05) is 32.3 Å². The monoisotopic (exact) mass is 404 g/mol. The molecule has 0 unspecified atom stereocenters. The summed E-state index contributed by atoms with van der Waals surface area (Å²) in [5, 5.41) is 6.19. The average Bonchev–Trinajstić information content (AvgIpc) is 3.19. The van der Waals surface area contributed by atoms with Gasteiger partial charge in [-0.2, -0.15) is 5.10 Å². The number of ether oxygens (including phenoxy) is 2. The number of nitrogens with zero attached hydrogens (tertiary/aromatic N) is 4. The minimum absolute atomic E-state index is 0.169. The Morgan fingerprint density at radius 1 is 1.10 bits per heavy atom. The van der Waals surface area contributed by atoms with Gasteiger partial charge in [-0.05, 0) is 29.8 Å². The van der Waals surface area contributed by atoms with Crippen LogP contribution in [0.25, 0.3) is 0 Å². The number of rotatable bonds is 6. The molecule has 0 radical (unpaired) electrons. The van der Waals surface area contributed by atoms with Gasteiger partial charge in [0, 0.05) is 26.5 Å². The summed E-state index contributed by atoms with van der Waals surface area (Å²) in [6.45, 7) is 0.169. The standard InChI is InChI=1S/C20H19F3N4O2/c1-26(2)25-19(27-12-11-24-14-27)17-5-3-4-6-18(17)28-13-15-7-9-16(10-8-15)29-20(21,22)23/h3-12,14H,13H2,1-2H3. The molecule has 3 aromatic rings. The molecule has 9 heteroatoms. The van der Waals surface area contributed by atoms with E-state index in [9.17, 15) is 13.2 Å². The van der Waals surface area contributed by atoms with Crippen molar-refractivity contribution in [1.29, 1.82) is 0 Å². The summed E-state index contributed by atoms with van der Waals surface area (Å²) in [6.07, 6.45) is 0.350. The zero-order valence-corrected chi connectivity index (χ0v) is 15.8. The van der Waals surface area contributed by atoms with Crippen molar-refractivity contribution in [2.75, 3.05) is 14.1 Å². The Morgan fingerprint density at radius 3 is 2.45 bits per heavy atom. The lowest BCUT2D eigenvalue weighted by Gasteiger charge is -2.16. The van der Waals surface area contributed by atoms with Gasteiger partial charge in [0.1, 0.15) is 24.4 Å². The highest BCUT2D eigenvalue weighted by Gasteiger charge is 2.30. The Balaban J connectivity index is 1.79. The van der Waals surface area contributed by atoms with Crippen LogP contribution in [0.5, 0.6) is 11.5 Å². The Hall–Kier alpha value is -3.49. The third-order valence-electron chi connectivity index (χ3n) is 3.72. The molecule has 0 spiro atoms. The van der Waals surface area contributed by atoms with Crippen LogP contribution in [0, 0.1) is 0 Å². The highest BCUT2D eigenvalue weighted by atomic mass is 19.4. The summed E-state index contributed by atoms with van der Waals surface area (Å²) in [5.74, 6) is 0.927. The molecular formula is C20H19F3N4O2. The van der Waals surface area contributed by atoms with Gasteiger partial charge in [-0.15, -0.1) is 13.2 Å². The van der Waals surface area contributed by atoms with Crippen LogP contribution < -0.4 is 9.47 Å². The van der Waals surface area contributed by atoms with Gasteiger partial charge in [-0.3, -0.25) is 4.57 Å². The predicted molar refractivity (Wildman–Crippen MR) is 102 cm³/mol. The maximum atomic E-state index is 12.3. The summed E-state index contributed by atoms with van der Waals surface area (Å²) >= 11 is 0. The van der Waals surface area contributed by atoms with Crippen molar-refractivity contribution < 1.29 is 22.6 Å². The van der Waals surface area contributed by atoms with E-state index in [0.717, 1.165) is 5.56 Å². The molecule has 0 saturated heterocycles. The molecule has 0 N–H and O–H groups in total. The Kier molecular flexibility index (Phi) is 6.06. The quantitative estimate of drug-likeness (QED) is 0.352. The van der Waals surface area contributed by atoms with Crippen LogP contribution in [-0.4, -0.2) is 40.9 Å². The lowest BCUT2D eigenvalue weighted by atomic mass is 10.1. The van der Waals surface area contributed by atoms with Gasteiger partial charge >= 0.3 is 6.36 Å². The van der Waals surface area contributed by atoms with Gasteiger partial charge in [-0.25, -0.2) is 4.98 Å². The molecule has 2 aromatic carbocycles. The Morgan fingerprint density at radius 2 is 1.83 bits per heavy atom. The number of imidazole rings is 1. The smallest absolute Gasteiger partial charge is 0.488 e. The normalized spacial score (nSPS) is 12.0. The van der Waals surface area contributed by atoms with Gasteiger partial charge in [0.25, 0.3) is 0 Å². The van der Waals surface area contributed by atoms with Crippen LogP contribution in [0.1, 0.15) is 11.1 Å². The fourth-order valence-electron chi connectivity index (χ4n) is 2.54. The van der Waals surface area contributed by atoms with Crippen LogP contribution >= 0.6 is 0 Å². The van der Waals surface area contributed by atoms with Crippen molar-refractivity contribution in [3.8, 4) is 11.5 Å². The highest BCUT2D eigenvalue weighted by Crippen LogP contribution is 2.24. The second-order valence-electron chi connectivity index (χ2n) is 6.22. The topological polar surface area (TPSA) is 51.9 Å². The van der Waals surface area contributed by atoms with Gasteiger partial charge in [0.15, 0.2) is 5.84 Å². The maximum absolute atomic E-state index is 12.3. The van der Waals surface area contributed by atoms with Gasteiger partial charge < -0.3 is 14.5 Å². The van der Waals surface area contributed by atoms with E-state index < -0.39 is 6.36 Å². The number of aromatic nitrogens is 2. The van der Waals surface area contributed by atoms with E-state index in [2.05, 4.69) is 14.8 Å². The second-order valence-corrected chi connectivity index (χ2v) is 6.22. The Labute approximate surface area is 165 Å². The molecule has 1 aromatic heterocycles. The van der Waals surface area contributed by atoms with Crippen LogP contribution in [0.2, 0.25) is 0 Å². The number of hydrogen-bond acceptors (Lipinski definition) is 5. The molecule has 0 amide bonds. The molecule has 152 valence electrons. The van der Waals surface area contributed by atoms with Crippen molar-refractivity contribution in [1.82, 2.24) is 14.6 Å². The molecule has 6 nitrogen and oxygen atoms in total. The van der Waals surface area contributed by atoms with Gasteiger partial charge in [-0.1, -0.05) is 24.3 Å². The lowest BCUT2D eigenvalue weighted by Crippen LogP contribution is -2.18. The summed E-state index contributed by atoms with van der Waals surface area (Å²) in [6, 6.07) is 12.9. The fourth-order valence-corrected chi connectivity index (χ4v) is 2.54. The molecule has 3 rings (SSSR count). The molecule has 0 aliphatic heterocycles. The number of hydrazone groups is 1. The summed E-state index contributed by atoms with van der Waals surface area (Å²) in [7, 11) is 3.62. The largest absolute Gasteiger partial charge is 0.573 e. The summed E-state index contributed by atoms with van der Waals surface area (Å²) in [4.78, 5) is 4.06. The number of hydrogen-bond donors (Lipinski definition) is 0. The molecular weight excluding hydrogens is 385 g/mol. The lowest BCUT2D eigenvalue weighted by molar-refractivity contribution is -0.274. The van der Waals surface area contributed by atoms with Gasteiger partial charge in [0.05, 0.1) is 5.56 Å². The fraction of sp³-hybridized carbons (Fsp3) is 0.200. The first-order valence-corrected chi connectivity index (χ1v) is 8.63. The van der Waals surface area contributed by atoms with Crippen molar-refractivity contribution in [3.05, 3.63) is 78.4 Å². The maximum Gasteiger partial charge on any atom is 0.573 e. The minimum atomic E-state index is -4.72. The molecule has 0 aliphatic rings. The van der Waals surface area contributed by atoms with Crippen LogP contribution in [0.4, 0.5) is 13.2 Å². The van der Waals surface area contributed by atoms with Crippen LogP contribution in [-0.2, 0) is 6.61 Å². The van der Waals surface area contributed by atoms with Crippen molar-refractivity contribution in [3.63, 3.8) is 0 Å². The SMILES string of the molecule is CN(C)N=C(c1ccccc1OCc1ccc(OC(F)(F)F)cc1)n1ccnc1. The van der Waals surface area contributed by atoms with Crippen LogP contribution in [0.3, 0.4) is 0 Å². The number of benzene rings is 2. The molecule has 0 fully saturated rings. The van der Waals surface area contributed by atoms with E-state index in [-0.39, 0.29) is 12.4 Å². The molecule has 0 aliphatic carbocycles.